The topological polar surface area (TPSA) is 27.7 Å². The van der Waals surface area contributed by atoms with E-state index in [-0.39, 0.29) is 0 Å². The van der Waals surface area contributed by atoms with Gasteiger partial charge < -0.3 is 14.2 Å². The molecular formula is C13H22O3. The summed E-state index contributed by atoms with van der Waals surface area (Å²) < 4.78 is 13.9. The van der Waals surface area contributed by atoms with Gasteiger partial charge in [0.25, 0.3) is 5.95 Å². The normalized spacial score (nSPS) is 14.0. The minimum Gasteiger partial charge on any atom is -0.470 e. The van der Waals surface area contributed by atoms with Crippen LogP contribution >= 0.6 is 0 Å². The molecule has 3 nitrogen and oxygen atoms in total. The van der Waals surface area contributed by atoms with E-state index >= 15 is 0 Å². The Labute approximate surface area is 98.7 Å². The molecule has 16 heavy (non-hydrogen) atoms. The summed E-state index contributed by atoms with van der Waals surface area (Å²) in [4.78, 5) is 0. The Hall–Kier alpha value is -1.64. The number of ether oxygens (including phenoxy) is 3. The third-order valence-corrected chi connectivity index (χ3v) is 1.13. The van der Waals surface area contributed by atoms with E-state index in [0.29, 0.717) is 5.95 Å². The van der Waals surface area contributed by atoms with Gasteiger partial charge >= 0.3 is 0 Å². The van der Waals surface area contributed by atoms with Gasteiger partial charge in [-0.05, 0) is 12.7 Å². The minimum absolute atomic E-state index is 0.343. The SMILES string of the molecule is C=C1CC=CO1.C=C1OC=CO1.CC.CC. The highest BCUT2D eigenvalue weighted by Gasteiger charge is 1.93. The van der Waals surface area contributed by atoms with E-state index in [1.54, 1.807) is 6.26 Å². The molecule has 0 saturated carbocycles. The third-order valence-electron chi connectivity index (χ3n) is 1.13. The van der Waals surface area contributed by atoms with Crippen LogP contribution < -0.4 is 0 Å². The van der Waals surface area contributed by atoms with Gasteiger partial charge in [0, 0.05) is 6.42 Å². The lowest BCUT2D eigenvalue weighted by Crippen LogP contribution is -1.71. The van der Waals surface area contributed by atoms with Crippen LogP contribution in [0.5, 0.6) is 0 Å². The Morgan fingerprint density at radius 1 is 0.875 bits per heavy atom. The molecule has 92 valence electrons. The maximum absolute atomic E-state index is 4.78. The molecule has 0 aromatic carbocycles. The van der Waals surface area contributed by atoms with Crippen molar-refractivity contribution in [3.63, 3.8) is 0 Å². The van der Waals surface area contributed by atoms with Crippen molar-refractivity contribution in [3.05, 3.63) is 49.7 Å². The molecule has 0 N–H and O–H groups in total. The van der Waals surface area contributed by atoms with Crippen LogP contribution in [0.1, 0.15) is 34.1 Å². The van der Waals surface area contributed by atoms with Crippen LogP contribution in [0.2, 0.25) is 0 Å². The molecule has 0 unspecified atom stereocenters. The Bertz CT molecular complexity index is 194. The summed E-state index contributed by atoms with van der Waals surface area (Å²) in [5.41, 5.74) is 0. The molecule has 3 heteroatoms. The number of hydrogen-bond donors (Lipinski definition) is 0. The van der Waals surface area contributed by atoms with E-state index in [1.165, 1.54) is 12.5 Å². The first-order valence-electron chi connectivity index (χ1n) is 5.46. The van der Waals surface area contributed by atoms with Crippen molar-refractivity contribution in [3.8, 4) is 0 Å². The van der Waals surface area contributed by atoms with E-state index in [9.17, 15) is 0 Å². The van der Waals surface area contributed by atoms with Crippen LogP contribution in [0.4, 0.5) is 0 Å². The summed E-state index contributed by atoms with van der Waals surface area (Å²) in [5, 5.41) is 0. The third kappa shape index (κ3) is 10.4. The first-order chi connectivity index (χ1) is 7.79. The summed E-state index contributed by atoms with van der Waals surface area (Å²) in [6, 6.07) is 0. The number of hydrogen-bond acceptors (Lipinski definition) is 3. The Morgan fingerprint density at radius 3 is 1.50 bits per heavy atom. The minimum atomic E-state index is 0.343. The van der Waals surface area contributed by atoms with Crippen LogP contribution in [0, 0.1) is 0 Å². The average Bonchev–Trinajstić information content (AvgIpc) is 2.98. The molecular weight excluding hydrogens is 204 g/mol. The molecule has 0 aromatic rings. The van der Waals surface area contributed by atoms with Crippen molar-refractivity contribution in [2.75, 3.05) is 0 Å². The molecule has 0 bridgehead atoms. The standard InChI is InChI=1S/C5H6O.C4H4O2.2C2H6/c1-5-3-2-4-6-5;1-4-5-2-3-6-4;2*1-2/h2,4H,1,3H2;2-3H,1H2;2*1-2H3. The number of allylic oxidation sites excluding steroid dienone is 1. The van der Waals surface area contributed by atoms with Gasteiger partial charge in [-0.3, -0.25) is 0 Å². The lowest BCUT2D eigenvalue weighted by Gasteiger charge is -1.87. The first-order valence-corrected chi connectivity index (χ1v) is 5.46. The Balaban J connectivity index is 0. The highest BCUT2D eigenvalue weighted by molar-refractivity contribution is 5.00. The van der Waals surface area contributed by atoms with Crippen molar-refractivity contribution in [2.24, 2.45) is 0 Å². The predicted molar refractivity (Wildman–Crippen MR) is 67.1 cm³/mol. The largest absolute Gasteiger partial charge is 0.470 e. The second-order valence-corrected chi connectivity index (χ2v) is 2.11. The lowest BCUT2D eigenvalue weighted by molar-refractivity contribution is 0.204. The average molecular weight is 226 g/mol. The summed E-state index contributed by atoms with van der Waals surface area (Å²) in [6.07, 6.45) is 7.34. The van der Waals surface area contributed by atoms with Crippen molar-refractivity contribution < 1.29 is 14.2 Å². The summed E-state index contributed by atoms with van der Waals surface area (Å²) in [7, 11) is 0. The van der Waals surface area contributed by atoms with Crippen molar-refractivity contribution in [1.29, 1.82) is 0 Å². The lowest BCUT2D eigenvalue weighted by atomic mass is 10.4. The van der Waals surface area contributed by atoms with Crippen LogP contribution in [0.25, 0.3) is 0 Å². The number of rotatable bonds is 0. The summed E-state index contributed by atoms with van der Waals surface area (Å²) >= 11 is 0. The van der Waals surface area contributed by atoms with Gasteiger partial charge in [0.1, 0.15) is 12.5 Å². The van der Waals surface area contributed by atoms with Gasteiger partial charge in [0.05, 0.1) is 12.0 Å². The first kappa shape index (κ1) is 16.8. The maximum Gasteiger partial charge on any atom is 0.281 e. The zero-order valence-electron chi connectivity index (χ0n) is 10.7. The van der Waals surface area contributed by atoms with Crippen molar-refractivity contribution in [1.82, 2.24) is 0 Å². The Kier molecular flexibility index (Phi) is 14.0. The maximum atomic E-state index is 4.78. The van der Waals surface area contributed by atoms with Gasteiger partial charge in [-0.1, -0.05) is 34.3 Å². The zero-order chi connectivity index (χ0) is 12.8. The van der Waals surface area contributed by atoms with E-state index in [2.05, 4.69) is 22.6 Å². The summed E-state index contributed by atoms with van der Waals surface area (Å²) in [5.74, 6) is 1.19. The molecule has 0 atom stereocenters. The van der Waals surface area contributed by atoms with Crippen LogP contribution in [-0.2, 0) is 14.2 Å². The molecule has 2 rings (SSSR count). The zero-order valence-corrected chi connectivity index (χ0v) is 10.7. The molecule has 2 aliphatic heterocycles. The van der Waals surface area contributed by atoms with Gasteiger partial charge in [-0.15, -0.1) is 0 Å². The molecule has 0 saturated heterocycles. The fourth-order valence-electron chi connectivity index (χ4n) is 0.607. The van der Waals surface area contributed by atoms with Crippen molar-refractivity contribution >= 4 is 0 Å². The fraction of sp³-hybridized carbons (Fsp3) is 0.385. The smallest absolute Gasteiger partial charge is 0.281 e. The predicted octanol–water partition coefficient (Wildman–Crippen LogP) is 4.46. The summed E-state index contributed by atoms with van der Waals surface area (Å²) in [6.45, 7) is 14.9. The highest BCUT2D eigenvalue weighted by Crippen LogP contribution is 2.08. The van der Waals surface area contributed by atoms with E-state index < -0.39 is 0 Å². The molecule has 0 aliphatic carbocycles. The second kappa shape index (κ2) is 13.4. The Morgan fingerprint density at radius 2 is 1.38 bits per heavy atom. The molecule has 2 aliphatic rings. The highest BCUT2D eigenvalue weighted by atomic mass is 16.7. The van der Waals surface area contributed by atoms with Crippen LogP contribution in [0.3, 0.4) is 0 Å². The van der Waals surface area contributed by atoms with Gasteiger partial charge in [-0.2, -0.15) is 0 Å². The molecule has 0 spiro atoms. The fourth-order valence-corrected chi connectivity index (χ4v) is 0.607. The van der Waals surface area contributed by atoms with Crippen LogP contribution in [0.15, 0.2) is 49.7 Å². The molecule has 2 heterocycles. The van der Waals surface area contributed by atoms with Gasteiger partial charge in [-0.25, -0.2) is 0 Å². The monoisotopic (exact) mass is 226 g/mol. The van der Waals surface area contributed by atoms with Gasteiger partial charge in [0.15, 0.2) is 0 Å². The van der Waals surface area contributed by atoms with E-state index in [4.69, 9.17) is 4.74 Å². The van der Waals surface area contributed by atoms with E-state index in [1.807, 2.05) is 33.8 Å². The molecule has 0 radical (unpaired) electrons. The molecule has 0 aromatic heterocycles. The van der Waals surface area contributed by atoms with Gasteiger partial charge in [0.2, 0.25) is 0 Å². The quantitative estimate of drug-likeness (QED) is 0.610. The molecule has 0 fully saturated rings. The van der Waals surface area contributed by atoms with E-state index in [0.717, 1.165) is 12.2 Å². The second-order valence-electron chi connectivity index (χ2n) is 2.11. The molecule has 0 amide bonds. The van der Waals surface area contributed by atoms with Crippen molar-refractivity contribution in [2.45, 2.75) is 34.1 Å². The van der Waals surface area contributed by atoms with Crippen LogP contribution in [-0.4, -0.2) is 0 Å².